The van der Waals surface area contributed by atoms with E-state index in [0.717, 1.165) is 135 Å². The third kappa shape index (κ3) is 76.6. The van der Waals surface area contributed by atoms with E-state index in [1.807, 2.05) is 36.5 Å². The highest BCUT2D eigenvalue weighted by molar-refractivity contribution is 7.47. The summed E-state index contributed by atoms with van der Waals surface area (Å²) in [5.41, 5.74) is 0. The van der Waals surface area contributed by atoms with Crippen molar-refractivity contribution >= 4 is 39.5 Å². The Balaban J connectivity index is 5.51. The molecule has 0 heterocycles. The van der Waals surface area contributed by atoms with Crippen LogP contribution in [0, 0.1) is 0 Å². The molecule has 17 nitrogen and oxygen atoms in total. The second-order valence-electron chi connectivity index (χ2n) is 26.2. The summed E-state index contributed by atoms with van der Waals surface area (Å²) in [4.78, 5) is 73.0. The summed E-state index contributed by atoms with van der Waals surface area (Å²) in [6.07, 6.45) is 92.2. The summed E-state index contributed by atoms with van der Waals surface area (Å²) in [7, 11) is -10.0. The van der Waals surface area contributed by atoms with Crippen LogP contribution in [0.2, 0.25) is 0 Å². The minimum atomic E-state index is -5.02. The number of phosphoric ester groups is 2. The van der Waals surface area contributed by atoms with Crippen molar-refractivity contribution in [3.05, 3.63) is 170 Å². The molecule has 106 heavy (non-hydrogen) atoms. The smallest absolute Gasteiger partial charge is 0.462 e. The van der Waals surface area contributed by atoms with Crippen molar-refractivity contribution in [3.63, 3.8) is 0 Å². The number of allylic oxidation sites excluding steroid dienone is 28. The van der Waals surface area contributed by atoms with Crippen LogP contribution in [0.15, 0.2) is 170 Å². The summed E-state index contributed by atoms with van der Waals surface area (Å²) in [5.74, 6) is -2.39. The lowest BCUT2D eigenvalue weighted by Gasteiger charge is -2.21. The van der Waals surface area contributed by atoms with Gasteiger partial charge in [0.2, 0.25) is 0 Å². The van der Waals surface area contributed by atoms with Gasteiger partial charge in [0.25, 0.3) is 0 Å². The Hall–Kier alpha value is -5.58. The van der Waals surface area contributed by atoms with E-state index in [4.69, 9.17) is 37.0 Å². The molecule has 0 aromatic rings. The Labute approximate surface area is 642 Å². The molecule has 0 bridgehead atoms. The van der Waals surface area contributed by atoms with Crippen molar-refractivity contribution in [2.75, 3.05) is 39.6 Å². The topological polar surface area (TPSA) is 237 Å². The number of unbranched alkanes of at least 4 members (excludes halogenated alkanes) is 20. The van der Waals surface area contributed by atoms with E-state index >= 15 is 0 Å². The molecule has 0 spiro atoms. The van der Waals surface area contributed by atoms with Crippen molar-refractivity contribution in [1.29, 1.82) is 0 Å². The summed E-state index contributed by atoms with van der Waals surface area (Å²) in [6.45, 7) is 4.39. The zero-order valence-corrected chi connectivity index (χ0v) is 67.6. The molecule has 0 fully saturated rings. The molecule has 0 rings (SSSR count). The molecule has 0 aromatic carbocycles. The lowest BCUT2D eigenvalue weighted by Crippen LogP contribution is -2.30. The molecular formula is C87H142O17P2. The fraction of sp³-hybridized carbons (Fsp3) is 0.632. The Bertz CT molecular complexity index is 2680. The van der Waals surface area contributed by atoms with E-state index in [1.165, 1.54) is 70.6 Å². The normalized spacial score (nSPS) is 14.7. The van der Waals surface area contributed by atoms with Crippen LogP contribution in [0.3, 0.4) is 0 Å². The van der Waals surface area contributed by atoms with Crippen molar-refractivity contribution in [2.45, 2.75) is 316 Å². The van der Waals surface area contributed by atoms with E-state index in [9.17, 15) is 43.2 Å². The molecule has 0 radical (unpaired) electrons. The van der Waals surface area contributed by atoms with E-state index in [1.54, 1.807) is 0 Å². The molecule has 5 unspecified atom stereocenters. The summed E-state index contributed by atoms with van der Waals surface area (Å²) in [5, 5.41) is 10.6. The van der Waals surface area contributed by atoms with E-state index in [0.29, 0.717) is 38.5 Å². The highest BCUT2D eigenvalue weighted by Gasteiger charge is 2.30. The Morgan fingerprint density at radius 2 is 0.528 bits per heavy atom. The van der Waals surface area contributed by atoms with Crippen LogP contribution in [0.4, 0.5) is 0 Å². The predicted octanol–water partition coefficient (Wildman–Crippen LogP) is 23.8. The molecule has 19 heteroatoms. The van der Waals surface area contributed by atoms with E-state index < -0.39 is 97.5 Å². The maximum absolute atomic E-state index is 13.1. The van der Waals surface area contributed by atoms with Gasteiger partial charge in [-0.3, -0.25) is 37.3 Å². The Kier molecular flexibility index (Phi) is 73.5. The molecule has 602 valence electrons. The highest BCUT2D eigenvalue weighted by atomic mass is 31.2. The first-order chi connectivity index (χ1) is 51.7. The number of phosphoric acid groups is 2. The number of hydrogen-bond donors (Lipinski definition) is 3. The molecule has 0 saturated heterocycles. The van der Waals surface area contributed by atoms with Gasteiger partial charge in [0, 0.05) is 25.7 Å². The molecule has 5 atom stereocenters. The SMILES string of the molecule is CC/C=C\C/C=C\C/C=C\C/C=C\C/C=C\C/C=C\CCC(=O)OCC(COP(=O)(O)OCC(O)COP(=O)(O)OCC(COC(=O)CCCCCCCCCCCCCCCCC)OC(=O)CCCCCCC/C=C\C/C=C\CCC)OC(=O)CC/C=C\C/C=C\C/C=C\C/C=C\C/C=C\C/C=C\CC. The minimum Gasteiger partial charge on any atom is -0.462 e. The zero-order chi connectivity index (χ0) is 77.4. The molecule has 0 aliphatic rings. The second kappa shape index (κ2) is 77.6. The van der Waals surface area contributed by atoms with Crippen LogP contribution >= 0.6 is 15.6 Å². The van der Waals surface area contributed by atoms with Crippen LogP contribution < -0.4 is 0 Å². The highest BCUT2D eigenvalue weighted by Crippen LogP contribution is 2.45. The Morgan fingerprint density at radius 3 is 0.868 bits per heavy atom. The van der Waals surface area contributed by atoms with Gasteiger partial charge in [-0.25, -0.2) is 9.13 Å². The third-order valence-corrected chi connectivity index (χ3v) is 18.1. The van der Waals surface area contributed by atoms with Gasteiger partial charge in [-0.2, -0.15) is 0 Å². The second-order valence-corrected chi connectivity index (χ2v) is 29.2. The molecule has 0 amide bonds. The van der Waals surface area contributed by atoms with Crippen LogP contribution in [0.5, 0.6) is 0 Å². The zero-order valence-electron chi connectivity index (χ0n) is 65.8. The van der Waals surface area contributed by atoms with Gasteiger partial charge >= 0.3 is 39.5 Å². The fourth-order valence-corrected chi connectivity index (χ4v) is 11.7. The predicted molar refractivity (Wildman–Crippen MR) is 436 cm³/mol. The van der Waals surface area contributed by atoms with Gasteiger partial charge in [0.1, 0.15) is 19.3 Å². The average Bonchev–Trinajstić information content (AvgIpc) is 0.903. The Morgan fingerprint density at radius 1 is 0.274 bits per heavy atom. The molecule has 0 aliphatic carbocycles. The van der Waals surface area contributed by atoms with Crippen LogP contribution in [0.1, 0.15) is 297 Å². The number of carbonyl (C=O) groups is 4. The van der Waals surface area contributed by atoms with Gasteiger partial charge in [-0.15, -0.1) is 0 Å². The summed E-state index contributed by atoms with van der Waals surface area (Å²) >= 11 is 0. The maximum Gasteiger partial charge on any atom is 0.472 e. The maximum atomic E-state index is 13.1. The van der Waals surface area contributed by atoms with Crippen LogP contribution in [-0.2, 0) is 65.4 Å². The van der Waals surface area contributed by atoms with Crippen LogP contribution in [-0.4, -0.2) is 96.7 Å². The van der Waals surface area contributed by atoms with E-state index in [-0.39, 0.29) is 25.7 Å². The minimum absolute atomic E-state index is 0.0139. The van der Waals surface area contributed by atoms with Crippen molar-refractivity contribution in [2.24, 2.45) is 0 Å². The van der Waals surface area contributed by atoms with Gasteiger partial charge in [-0.1, -0.05) is 313 Å². The number of aliphatic hydroxyl groups excluding tert-OH is 1. The lowest BCUT2D eigenvalue weighted by atomic mass is 10.0. The monoisotopic (exact) mass is 1520 g/mol. The summed E-state index contributed by atoms with van der Waals surface area (Å²) in [6, 6.07) is 0. The first-order valence-electron chi connectivity index (χ1n) is 40.4. The number of hydrogen-bond acceptors (Lipinski definition) is 15. The van der Waals surface area contributed by atoms with Crippen LogP contribution in [0.25, 0.3) is 0 Å². The largest absolute Gasteiger partial charge is 0.472 e. The van der Waals surface area contributed by atoms with Crippen molar-refractivity contribution in [1.82, 2.24) is 0 Å². The van der Waals surface area contributed by atoms with Crippen molar-refractivity contribution in [3.8, 4) is 0 Å². The third-order valence-electron chi connectivity index (χ3n) is 16.2. The van der Waals surface area contributed by atoms with Gasteiger partial charge in [-0.05, 0) is 128 Å². The average molecular weight is 1520 g/mol. The van der Waals surface area contributed by atoms with Gasteiger partial charge in [0.15, 0.2) is 12.2 Å². The summed E-state index contributed by atoms with van der Waals surface area (Å²) < 4.78 is 68.4. The molecular weight excluding hydrogens is 1380 g/mol. The molecule has 0 aliphatic heterocycles. The quantitative estimate of drug-likeness (QED) is 0.0169. The lowest BCUT2D eigenvalue weighted by molar-refractivity contribution is -0.161. The molecule has 0 saturated carbocycles. The number of esters is 4. The van der Waals surface area contributed by atoms with E-state index in [2.05, 4.69) is 161 Å². The first-order valence-corrected chi connectivity index (χ1v) is 43.4. The standard InChI is InChI=1S/C87H142O17P2/c1-5-9-13-17-21-25-29-33-36-38-40-42-45-49-52-56-60-64-68-72-85(90)98-78-83(104-87(92)74-70-66-62-58-54-50-46-43-41-39-37-34-30-26-22-18-14-10-6-2)80-102-106(95,96)100-76-81(88)75-99-105(93,94)101-79-82(103-86(91)73-69-65-61-57-53-47-32-28-24-20-16-12-8-4)77-97-84(89)71-67-63-59-55-51-48-44-35-31-27-23-19-15-11-7-3/h9-10,13-14,16,20-22,25-26,28,32-34,36-37,40-43,49-50,52,54,60,62,64,66,81-83,88H,5-8,11-12,15,17-19,23-24,27,29-31,35,38-39,44-48,51,53,55-59,61,63,65,67-80H2,1-4H3,(H,93,94)(H,95,96)/b13-9-,14-10-,20-16-,25-21-,26-22-,32-28-,36-33-,37-34-,42-40-,43-41-,52-49-,54-50-,64-60-,66-62-. The number of ether oxygens (including phenoxy) is 4. The number of rotatable bonds is 74. The first kappa shape index (κ1) is 100. The molecule has 0 aromatic heterocycles. The number of carbonyl (C=O) groups excluding carboxylic acids is 4. The van der Waals surface area contributed by atoms with Crippen molar-refractivity contribution < 1.29 is 80.2 Å². The molecule has 3 N–H and O–H groups in total. The number of aliphatic hydroxyl groups is 1. The van der Waals surface area contributed by atoms with Gasteiger partial charge in [0.05, 0.1) is 26.4 Å². The fourth-order valence-electron chi connectivity index (χ4n) is 10.1. The van der Waals surface area contributed by atoms with Gasteiger partial charge < -0.3 is 33.8 Å².